The van der Waals surface area contributed by atoms with Gasteiger partial charge in [-0.15, -0.1) is 0 Å². The smallest absolute Gasteiger partial charge is 0.354 e. The first-order chi connectivity index (χ1) is 8.00. The molecule has 0 radical (unpaired) electrons. The number of anilines is 1. The average molecular weight is 238 g/mol. The van der Waals surface area contributed by atoms with Gasteiger partial charge in [0.15, 0.2) is 0 Å². The zero-order valence-corrected chi connectivity index (χ0v) is 10.1. The number of aromatic carboxylic acids is 1. The van der Waals surface area contributed by atoms with E-state index in [0.717, 1.165) is 0 Å². The van der Waals surface area contributed by atoms with E-state index in [-0.39, 0.29) is 5.69 Å². The van der Waals surface area contributed by atoms with E-state index in [1.54, 1.807) is 6.07 Å². The Morgan fingerprint density at radius 2 is 2.06 bits per heavy atom. The minimum atomic E-state index is -1.05. The number of carboxylic acid groups (broad SMARTS) is 1. The lowest BCUT2D eigenvalue weighted by Gasteiger charge is -2.25. The molecule has 0 saturated heterocycles. The van der Waals surface area contributed by atoms with E-state index in [1.807, 2.05) is 13.8 Å². The van der Waals surface area contributed by atoms with Gasteiger partial charge in [-0.05, 0) is 25.0 Å². The van der Waals surface area contributed by atoms with E-state index >= 15 is 0 Å². The van der Waals surface area contributed by atoms with Crippen LogP contribution in [0.4, 0.5) is 5.69 Å². The van der Waals surface area contributed by atoms with Crippen LogP contribution in [0.15, 0.2) is 18.3 Å². The lowest BCUT2D eigenvalue weighted by Crippen LogP contribution is -2.35. The topological polar surface area (TPSA) is 82.5 Å². The standard InChI is InChI=1S/C12H18N2O3/c1-3-12(17,4-2)8-14-9-5-6-10(11(15)16)13-7-9/h5-7,14,17H,3-4,8H2,1-2H3,(H,15,16). The fourth-order valence-corrected chi connectivity index (χ4v) is 1.39. The molecule has 0 spiro atoms. The largest absolute Gasteiger partial charge is 0.477 e. The maximum atomic E-state index is 10.6. The number of aliphatic hydroxyl groups is 1. The van der Waals surface area contributed by atoms with Crippen LogP contribution in [0.2, 0.25) is 0 Å². The van der Waals surface area contributed by atoms with Crippen molar-refractivity contribution >= 4 is 11.7 Å². The fourth-order valence-electron chi connectivity index (χ4n) is 1.39. The van der Waals surface area contributed by atoms with Gasteiger partial charge < -0.3 is 15.5 Å². The van der Waals surface area contributed by atoms with Gasteiger partial charge in [-0.2, -0.15) is 0 Å². The van der Waals surface area contributed by atoms with Crippen LogP contribution in [-0.4, -0.2) is 33.3 Å². The lowest BCUT2D eigenvalue weighted by atomic mass is 9.97. The molecule has 0 saturated carbocycles. The first-order valence-corrected chi connectivity index (χ1v) is 5.66. The number of rotatable bonds is 6. The van der Waals surface area contributed by atoms with Crippen molar-refractivity contribution in [1.29, 1.82) is 0 Å². The highest BCUT2D eigenvalue weighted by atomic mass is 16.4. The third-order valence-corrected chi connectivity index (χ3v) is 2.92. The Morgan fingerprint density at radius 3 is 2.47 bits per heavy atom. The highest BCUT2D eigenvalue weighted by Gasteiger charge is 2.21. The molecule has 94 valence electrons. The zero-order chi connectivity index (χ0) is 12.9. The quantitative estimate of drug-likeness (QED) is 0.703. The second-order valence-electron chi connectivity index (χ2n) is 4.02. The summed E-state index contributed by atoms with van der Waals surface area (Å²) in [4.78, 5) is 14.4. The first kappa shape index (κ1) is 13.4. The molecule has 0 aliphatic heterocycles. The second-order valence-corrected chi connectivity index (χ2v) is 4.02. The van der Waals surface area contributed by atoms with Gasteiger partial charge >= 0.3 is 5.97 Å². The van der Waals surface area contributed by atoms with Gasteiger partial charge in [0.1, 0.15) is 5.69 Å². The van der Waals surface area contributed by atoms with Crippen LogP contribution in [0.5, 0.6) is 0 Å². The van der Waals surface area contributed by atoms with Crippen LogP contribution in [0.1, 0.15) is 37.2 Å². The molecule has 0 aromatic carbocycles. The molecule has 3 N–H and O–H groups in total. The summed E-state index contributed by atoms with van der Waals surface area (Å²) in [6, 6.07) is 3.07. The third-order valence-electron chi connectivity index (χ3n) is 2.92. The summed E-state index contributed by atoms with van der Waals surface area (Å²) in [6.45, 7) is 4.28. The van der Waals surface area contributed by atoms with Gasteiger partial charge in [-0.1, -0.05) is 13.8 Å². The van der Waals surface area contributed by atoms with Crippen molar-refractivity contribution in [2.45, 2.75) is 32.3 Å². The molecule has 5 nitrogen and oxygen atoms in total. The van der Waals surface area contributed by atoms with Gasteiger partial charge in [0, 0.05) is 6.54 Å². The molecule has 0 amide bonds. The van der Waals surface area contributed by atoms with Crippen molar-refractivity contribution in [3.63, 3.8) is 0 Å². The molecule has 1 aromatic heterocycles. The Kier molecular flexibility index (Phi) is 4.45. The molecule has 5 heteroatoms. The maximum absolute atomic E-state index is 10.6. The van der Waals surface area contributed by atoms with E-state index in [2.05, 4.69) is 10.3 Å². The predicted molar refractivity (Wildman–Crippen MR) is 65.2 cm³/mol. The van der Waals surface area contributed by atoms with E-state index in [4.69, 9.17) is 5.11 Å². The van der Waals surface area contributed by atoms with Crippen LogP contribution in [0.3, 0.4) is 0 Å². The molecule has 1 heterocycles. The number of hydrogen-bond donors (Lipinski definition) is 3. The summed E-state index contributed by atoms with van der Waals surface area (Å²) in [6.07, 6.45) is 2.78. The molecule has 17 heavy (non-hydrogen) atoms. The van der Waals surface area contributed by atoms with Crippen molar-refractivity contribution < 1.29 is 15.0 Å². The van der Waals surface area contributed by atoms with Crippen molar-refractivity contribution in [3.8, 4) is 0 Å². The van der Waals surface area contributed by atoms with Crippen LogP contribution < -0.4 is 5.32 Å². The molecule has 1 aromatic rings. The van der Waals surface area contributed by atoms with E-state index in [1.165, 1.54) is 12.3 Å². The predicted octanol–water partition coefficient (Wildman–Crippen LogP) is 1.74. The van der Waals surface area contributed by atoms with Crippen LogP contribution in [-0.2, 0) is 0 Å². The van der Waals surface area contributed by atoms with Crippen molar-refractivity contribution in [1.82, 2.24) is 4.98 Å². The lowest BCUT2D eigenvalue weighted by molar-refractivity contribution is 0.0457. The number of nitrogens with one attached hydrogen (secondary N) is 1. The Hall–Kier alpha value is -1.62. The normalized spacial score (nSPS) is 11.2. The molecule has 0 aliphatic carbocycles. The van der Waals surface area contributed by atoms with Crippen molar-refractivity contribution in [2.24, 2.45) is 0 Å². The molecule has 0 atom stereocenters. The number of aromatic nitrogens is 1. The second kappa shape index (κ2) is 5.63. The SMILES string of the molecule is CCC(O)(CC)CNc1ccc(C(=O)O)nc1. The Morgan fingerprint density at radius 1 is 1.41 bits per heavy atom. The summed E-state index contributed by atoms with van der Waals surface area (Å²) in [5.41, 5.74) is -0.0158. The van der Waals surface area contributed by atoms with Crippen LogP contribution in [0, 0.1) is 0 Å². The summed E-state index contributed by atoms with van der Waals surface area (Å²) in [5.74, 6) is -1.05. The van der Waals surface area contributed by atoms with Gasteiger partial charge in [0.2, 0.25) is 0 Å². The highest BCUT2D eigenvalue weighted by Crippen LogP contribution is 2.16. The maximum Gasteiger partial charge on any atom is 0.354 e. The Bertz CT molecular complexity index is 372. The van der Waals surface area contributed by atoms with E-state index in [9.17, 15) is 9.90 Å². The van der Waals surface area contributed by atoms with Gasteiger partial charge in [0.05, 0.1) is 17.5 Å². The first-order valence-electron chi connectivity index (χ1n) is 5.66. The average Bonchev–Trinajstić information content (AvgIpc) is 2.36. The number of carboxylic acids is 1. The minimum absolute atomic E-state index is 0.0109. The highest BCUT2D eigenvalue weighted by molar-refractivity contribution is 5.85. The Labute approximate surface area is 101 Å². The van der Waals surface area contributed by atoms with E-state index < -0.39 is 11.6 Å². The minimum Gasteiger partial charge on any atom is -0.477 e. The number of carbonyl (C=O) groups is 1. The van der Waals surface area contributed by atoms with Crippen LogP contribution >= 0.6 is 0 Å². The zero-order valence-electron chi connectivity index (χ0n) is 10.1. The molecule has 0 bridgehead atoms. The number of hydrogen-bond acceptors (Lipinski definition) is 4. The summed E-state index contributed by atoms with van der Waals surface area (Å²) in [7, 11) is 0. The van der Waals surface area contributed by atoms with Gasteiger partial charge in [-0.3, -0.25) is 0 Å². The molecular weight excluding hydrogens is 220 g/mol. The molecule has 0 aliphatic rings. The number of pyridine rings is 1. The summed E-state index contributed by atoms with van der Waals surface area (Å²) >= 11 is 0. The summed E-state index contributed by atoms with van der Waals surface area (Å²) in [5, 5.41) is 21.8. The molecule has 0 fully saturated rings. The third kappa shape index (κ3) is 3.71. The number of nitrogens with zero attached hydrogens (tertiary/aromatic N) is 1. The molecule has 0 unspecified atom stereocenters. The fraction of sp³-hybridized carbons (Fsp3) is 0.500. The summed E-state index contributed by atoms with van der Waals surface area (Å²) < 4.78 is 0. The van der Waals surface area contributed by atoms with Crippen molar-refractivity contribution in [3.05, 3.63) is 24.0 Å². The monoisotopic (exact) mass is 238 g/mol. The van der Waals surface area contributed by atoms with Crippen LogP contribution in [0.25, 0.3) is 0 Å². The van der Waals surface area contributed by atoms with Crippen molar-refractivity contribution in [2.75, 3.05) is 11.9 Å². The van der Waals surface area contributed by atoms with E-state index in [0.29, 0.717) is 25.1 Å². The molecular formula is C12H18N2O3. The Balaban J connectivity index is 2.61. The van der Waals surface area contributed by atoms with Gasteiger partial charge in [0.25, 0.3) is 0 Å². The van der Waals surface area contributed by atoms with Gasteiger partial charge in [-0.25, -0.2) is 9.78 Å². The molecule has 1 rings (SSSR count).